The van der Waals surface area contributed by atoms with Crippen LogP contribution in [-0.2, 0) is 6.42 Å². The van der Waals surface area contributed by atoms with E-state index in [9.17, 15) is 9.50 Å². The van der Waals surface area contributed by atoms with Gasteiger partial charge in [0.15, 0.2) is 5.96 Å². The van der Waals surface area contributed by atoms with Crippen molar-refractivity contribution < 1.29 is 9.50 Å². The number of rotatable bonds is 6. The molecule has 6 heteroatoms. The van der Waals surface area contributed by atoms with Crippen LogP contribution in [0, 0.1) is 5.82 Å². The maximum Gasteiger partial charge on any atom is 0.191 e. The largest absolute Gasteiger partial charge is 0.508 e. The molecule has 5 nitrogen and oxygen atoms in total. The number of phenolic OH excluding ortho intramolecular Hbond substituents is 1. The lowest BCUT2D eigenvalue weighted by Crippen LogP contribution is -2.49. The zero-order valence-corrected chi connectivity index (χ0v) is 16.4. The van der Waals surface area contributed by atoms with Crippen molar-refractivity contribution in [3.05, 3.63) is 59.9 Å². The monoisotopic (exact) mass is 384 g/mol. The molecule has 0 amide bonds. The molecule has 2 aromatic carbocycles. The molecule has 1 heterocycles. The zero-order valence-electron chi connectivity index (χ0n) is 16.4. The van der Waals surface area contributed by atoms with Gasteiger partial charge in [-0.3, -0.25) is 4.99 Å². The number of aryl methyl sites for hydroxylation is 1. The van der Waals surface area contributed by atoms with Crippen LogP contribution in [0.1, 0.15) is 24.8 Å². The van der Waals surface area contributed by atoms with Crippen molar-refractivity contribution in [3.8, 4) is 5.75 Å². The van der Waals surface area contributed by atoms with Gasteiger partial charge in [0.05, 0.1) is 0 Å². The number of nitrogens with one attached hydrogen (secondary N) is 2. The first-order valence-electron chi connectivity index (χ1n) is 9.89. The maximum absolute atomic E-state index is 13.4. The van der Waals surface area contributed by atoms with E-state index in [4.69, 9.17) is 0 Å². The highest BCUT2D eigenvalue weighted by Gasteiger charge is 2.20. The average Bonchev–Trinajstić information content (AvgIpc) is 2.72. The Morgan fingerprint density at radius 2 is 1.93 bits per heavy atom. The van der Waals surface area contributed by atoms with Crippen LogP contribution in [0.2, 0.25) is 0 Å². The van der Waals surface area contributed by atoms with E-state index in [-0.39, 0.29) is 5.82 Å². The van der Waals surface area contributed by atoms with E-state index in [1.807, 2.05) is 18.2 Å². The maximum atomic E-state index is 13.4. The number of aromatic hydroxyl groups is 1. The average molecular weight is 384 g/mol. The van der Waals surface area contributed by atoms with Crippen molar-refractivity contribution in [1.82, 2.24) is 10.6 Å². The summed E-state index contributed by atoms with van der Waals surface area (Å²) in [5.41, 5.74) is 2.17. The van der Waals surface area contributed by atoms with E-state index in [1.165, 1.54) is 11.6 Å². The van der Waals surface area contributed by atoms with Crippen molar-refractivity contribution >= 4 is 11.6 Å². The molecule has 0 radical (unpaired) electrons. The molecule has 150 valence electrons. The van der Waals surface area contributed by atoms with Gasteiger partial charge in [-0.25, -0.2) is 4.39 Å². The fraction of sp³-hybridized carbons (Fsp3) is 0.409. The second-order valence-corrected chi connectivity index (χ2v) is 7.15. The summed E-state index contributed by atoms with van der Waals surface area (Å²) in [4.78, 5) is 6.56. The standard InChI is InChI=1S/C22H29FN4O/c1-24-22(25-13-3-4-17-7-9-21(28)10-8-17)26-19-11-14-27(15-12-19)20-6-2-5-18(23)16-20/h2,5-10,16,19,28H,3-4,11-15H2,1H3,(H2,24,25,26). The van der Waals surface area contributed by atoms with Gasteiger partial charge in [0, 0.05) is 38.4 Å². The zero-order chi connectivity index (χ0) is 19.8. The minimum absolute atomic E-state index is 0.186. The smallest absolute Gasteiger partial charge is 0.191 e. The predicted octanol–water partition coefficient (Wildman–Crippen LogP) is 3.30. The first kappa shape index (κ1) is 20.0. The van der Waals surface area contributed by atoms with E-state index >= 15 is 0 Å². The molecule has 1 aliphatic rings. The number of hydrogen-bond acceptors (Lipinski definition) is 3. The molecule has 2 aromatic rings. The lowest BCUT2D eigenvalue weighted by Gasteiger charge is -2.34. The molecule has 1 saturated heterocycles. The molecule has 0 bridgehead atoms. The van der Waals surface area contributed by atoms with Crippen molar-refractivity contribution in [3.63, 3.8) is 0 Å². The number of hydrogen-bond donors (Lipinski definition) is 3. The summed E-state index contributed by atoms with van der Waals surface area (Å²) in [6, 6.07) is 14.5. The van der Waals surface area contributed by atoms with Crippen molar-refractivity contribution in [2.45, 2.75) is 31.7 Å². The van der Waals surface area contributed by atoms with Crippen LogP contribution in [0.5, 0.6) is 5.75 Å². The summed E-state index contributed by atoms with van der Waals surface area (Å²) >= 11 is 0. The molecule has 3 N–H and O–H groups in total. The Balaban J connectivity index is 1.37. The highest BCUT2D eigenvalue weighted by Crippen LogP contribution is 2.20. The van der Waals surface area contributed by atoms with Gasteiger partial charge < -0.3 is 20.6 Å². The fourth-order valence-electron chi connectivity index (χ4n) is 3.50. The van der Waals surface area contributed by atoms with Crippen LogP contribution in [0.15, 0.2) is 53.5 Å². The molecule has 0 unspecified atom stereocenters. The van der Waals surface area contributed by atoms with Crippen LogP contribution < -0.4 is 15.5 Å². The second-order valence-electron chi connectivity index (χ2n) is 7.15. The summed E-state index contributed by atoms with van der Waals surface area (Å²) < 4.78 is 13.4. The summed E-state index contributed by atoms with van der Waals surface area (Å²) in [5.74, 6) is 0.944. The predicted molar refractivity (Wildman–Crippen MR) is 113 cm³/mol. The van der Waals surface area contributed by atoms with E-state index in [0.717, 1.165) is 57.0 Å². The quantitative estimate of drug-likeness (QED) is 0.406. The molecular weight excluding hydrogens is 355 g/mol. The van der Waals surface area contributed by atoms with Crippen molar-refractivity contribution in [2.24, 2.45) is 4.99 Å². The third kappa shape index (κ3) is 5.87. The van der Waals surface area contributed by atoms with Gasteiger partial charge in [-0.2, -0.15) is 0 Å². The molecule has 1 aliphatic heterocycles. The number of aliphatic imine (C=N–C) groups is 1. The highest BCUT2D eigenvalue weighted by molar-refractivity contribution is 5.80. The number of nitrogens with zero attached hydrogens (tertiary/aromatic N) is 2. The minimum Gasteiger partial charge on any atom is -0.508 e. The molecule has 0 aromatic heterocycles. The number of phenols is 1. The third-order valence-electron chi connectivity index (χ3n) is 5.10. The Bertz CT molecular complexity index is 770. The SMILES string of the molecule is CN=C(NCCCc1ccc(O)cc1)NC1CCN(c2cccc(F)c2)CC1. The van der Waals surface area contributed by atoms with Crippen LogP contribution in [0.4, 0.5) is 10.1 Å². The minimum atomic E-state index is -0.186. The Hall–Kier alpha value is -2.76. The Labute approximate surface area is 166 Å². The lowest BCUT2D eigenvalue weighted by molar-refractivity contribution is 0.461. The first-order valence-corrected chi connectivity index (χ1v) is 9.89. The molecule has 0 spiro atoms. The van der Waals surface area contributed by atoms with Gasteiger partial charge in [0.1, 0.15) is 11.6 Å². The lowest BCUT2D eigenvalue weighted by atomic mass is 10.0. The number of anilines is 1. The number of guanidine groups is 1. The first-order chi connectivity index (χ1) is 13.6. The molecule has 0 atom stereocenters. The number of piperidine rings is 1. The van der Waals surface area contributed by atoms with Crippen LogP contribution in [0.25, 0.3) is 0 Å². The van der Waals surface area contributed by atoms with Gasteiger partial charge in [0.25, 0.3) is 0 Å². The van der Waals surface area contributed by atoms with Gasteiger partial charge in [-0.05, 0) is 61.6 Å². The Morgan fingerprint density at radius 1 is 1.18 bits per heavy atom. The van der Waals surface area contributed by atoms with Crippen LogP contribution in [0.3, 0.4) is 0 Å². The highest BCUT2D eigenvalue weighted by atomic mass is 19.1. The van der Waals surface area contributed by atoms with Gasteiger partial charge >= 0.3 is 0 Å². The number of halogens is 1. The van der Waals surface area contributed by atoms with Gasteiger partial charge in [0.2, 0.25) is 0 Å². The molecule has 28 heavy (non-hydrogen) atoms. The van der Waals surface area contributed by atoms with Crippen LogP contribution >= 0.6 is 0 Å². The molecule has 3 rings (SSSR count). The molecule has 0 aliphatic carbocycles. The summed E-state index contributed by atoms with van der Waals surface area (Å²) in [5, 5.41) is 16.2. The van der Waals surface area contributed by atoms with E-state index in [2.05, 4.69) is 20.5 Å². The van der Waals surface area contributed by atoms with E-state index < -0.39 is 0 Å². The normalized spacial score (nSPS) is 15.5. The van der Waals surface area contributed by atoms with E-state index in [0.29, 0.717) is 11.8 Å². The molecular formula is C22H29FN4O. The van der Waals surface area contributed by atoms with Gasteiger partial charge in [-0.1, -0.05) is 18.2 Å². The van der Waals surface area contributed by atoms with Crippen LogP contribution in [-0.4, -0.2) is 43.8 Å². The number of benzene rings is 2. The molecule has 1 fully saturated rings. The van der Waals surface area contributed by atoms with Gasteiger partial charge in [-0.15, -0.1) is 0 Å². The second kappa shape index (κ2) is 9.97. The summed E-state index contributed by atoms with van der Waals surface area (Å²) in [6.45, 7) is 2.64. The third-order valence-corrected chi connectivity index (χ3v) is 5.10. The van der Waals surface area contributed by atoms with Crippen molar-refractivity contribution in [2.75, 3.05) is 31.6 Å². The molecule has 0 saturated carbocycles. The van der Waals surface area contributed by atoms with Crippen molar-refractivity contribution in [1.29, 1.82) is 0 Å². The fourth-order valence-corrected chi connectivity index (χ4v) is 3.50. The Morgan fingerprint density at radius 3 is 2.61 bits per heavy atom. The summed E-state index contributed by atoms with van der Waals surface area (Å²) in [7, 11) is 1.79. The topological polar surface area (TPSA) is 59.9 Å². The Kier molecular flexibility index (Phi) is 7.12. The van der Waals surface area contributed by atoms with E-state index in [1.54, 1.807) is 31.3 Å². The summed E-state index contributed by atoms with van der Waals surface area (Å²) in [6.07, 6.45) is 3.93.